The van der Waals surface area contributed by atoms with Gasteiger partial charge in [-0.3, -0.25) is 9.78 Å². The predicted octanol–water partition coefficient (Wildman–Crippen LogP) is 4.53. The van der Waals surface area contributed by atoms with Crippen LogP contribution in [-0.4, -0.2) is 36.9 Å². The Morgan fingerprint density at radius 1 is 1.04 bits per heavy atom. The highest BCUT2D eigenvalue weighted by atomic mass is 35.5. The van der Waals surface area contributed by atoms with E-state index in [1.54, 1.807) is 11.0 Å². The zero-order valence-electron chi connectivity index (χ0n) is 15.5. The molecule has 0 aliphatic carbocycles. The van der Waals surface area contributed by atoms with Crippen LogP contribution in [0.3, 0.4) is 0 Å². The number of carbonyl (C=O) groups excluding carboxylic acids is 1. The zero-order valence-corrected chi connectivity index (χ0v) is 16.2. The van der Waals surface area contributed by atoms with Gasteiger partial charge >= 0.3 is 0 Å². The van der Waals surface area contributed by atoms with Crippen LogP contribution in [0.1, 0.15) is 21.6 Å². The molecule has 26 heavy (non-hydrogen) atoms. The SMILES string of the molecule is Cc1nc2ccc(Cl)cc2cc1C(=O)N(C)Cc1ccc(N(C)C)cc1. The van der Waals surface area contributed by atoms with Crippen LogP contribution in [0.5, 0.6) is 0 Å². The minimum Gasteiger partial charge on any atom is -0.378 e. The molecule has 1 aromatic heterocycles. The normalized spacial score (nSPS) is 10.8. The van der Waals surface area contributed by atoms with Crippen molar-refractivity contribution in [3.63, 3.8) is 0 Å². The minimum atomic E-state index is -0.0476. The van der Waals surface area contributed by atoms with Crippen molar-refractivity contribution in [3.05, 3.63) is 70.4 Å². The summed E-state index contributed by atoms with van der Waals surface area (Å²) in [6.45, 7) is 2.40. The number of anilines is 1. The van der Waals surface area contributed by atoms with E-state index >= 15 is 0 Å². The van der Waals surface area contributed by atoms with Gasteiger partial charge in [-0.15, -0.1) is 0 Å². The summed E-state index contributed by atoms with van der Waals surface area (Å²) in [5, 5.41) is 1.51. The number of hydrogen-bond acceptors (Lipinski definition) is 3. The lowest BCUT2D eigenvalue weighted by atomic mass is 10.1. The summed E-state index contributed by atoms with van der Waals surface area (Å²) in [4.78, 5) is 21.2. The van der Waals surface area contributed by atoms with E-state index in [0.29, 0.717) is 17.1 Å². The largest absolute Gasteiger partial charge is 0.378 e. The van der Waals surface area contributed by atoms with Crippen LogP contribution in [0.4, 0.5) is 5.69 Å². The average Bonchev–Trinajstić information content (AvgIpc) is 2.61. The van der Waals surface area contributed by atoms with Crippen molar-refractivity contribution in [2.24, 2.45) is 0 Å². The van der Waals surface area contributed by atoms with Gasteiger partial charge in [0, 0.05) is 43.8 Å². The van der Waals surface area contributed by atoms with Crippen LogP contribution in [0.2, 0.25) is 5.02 Å². The number of nitrogens with zero attached hydrogens (tertiary/aromatic N) is 3. The Kier molecular flexibility index (Phi) is 5.14. The predicted molar refractivity (Wildman–Crippen MR) is 108 cm³/mol. The molecule has 0 spiro atoms. The van der Waals surface area contributed by atoms with Crippen LogP contribution in [-0.2, 0) is 6.54 Å². The van der Waals surface area contributed by atoms with Crippen molar-refractivity contribution < 1.29 is 4.79 Å². The first-order valence-electron chi connectivity index (χ1n) is 8.44. The van der Waals surface area contributed by atoms with Gasteiger partial charge in [-0.2, -0.15) is 0 Å². The fourth-order valence-corrected chi connectivity index (χ4v) is 3.09. The van der Waals surface area contributed by atoms with Gasteiger partial charge in [0.1, 0.15) is 0 Å². The zero-order chi connectivity index (χ0) is 18.8. The Morgan fingerprint density at radius 2 is 1.73 bits per heavy atom. The molecule has 0 atom stereocenters. The number of carbonyl (C=O) groups is 1. The summed E-state index contributed by atoms with van der Waals surface area (Å²) in [5.74, 6) is -0.0476. The number of amides is 1. The number of pyridine rings is 1. The molecule has 3 aromatic rings. The number of halogens is 1. The maximum Gasteiger partial charge on any atom is 0.255 e. The fraction of sp³-hybridized carbons (Fsp3) is 0.238. The Balaban J connectivity index is 1.83. The molecule has 1 heterocycles. The van der Waals surface area contributed by atoms with Gasteiger partial charge in [-0.25, -0.2) is 0 Å². The third kappa shape index (κ3) is 3.81. The fourth-order valence-electron chi connectivity index (χ4n) is 2.91. The van der Waals surface area contributed by atoms with E-state index in [2.05, 4.69) is 17.1 Å². The molecular weight excluding hydrogens is 346 g/mol. The van der Waals surface area contributed by atoms with Gasteiger partial charge in [0.15, 0.2) is 0 Å². The van der Waals surface area contributed by atoms with Gasteiger partial charge in [0.2, 0.25) is 0 Å². The minimum absolute atomic E-state index is 0.0476. The Labute approximate surface area is 159 Å². The van der Waals surface area contributed by atoms with Gasteiger partial charge in [-0.1, -0.05) is 23.7 Å². The molecule has 4 nitrogen and oxygen atoms in total. The van der Waals surface area contributed by atoms with Gasteiger partial charge in [0.05, 0.1) is 16.8 Å². The second-order valence-corrected chi connectivity index (χ2v) is 7.12. The number of hydrogen-bond donors (Lipinski definition) is 0. The highest BCUT2D eigenvalue weighted by molar-refractivity contribution is 6.31. The molecular formula is C21H22ClN3O. The summed E-state index contributed by atoms with van der Waals surface area (Å²) < 4.78 is 0. The lowest BCUT2D eigenvalue weighted by Crippen LogP contribution is -2.27. The third-order valence-electron chi connectivity index (χ3n) is 4.42. The van der Waals surface area contributed by atoms with Crippen LogP contribution in [0.15, 0.2) is 48.5 Å². The molecule has 0 aliphatic heterocycles. The van der Waals surface area contributed by atoms with Gasteiger partial charge in [0.25, 0.3) is 5.91 Å². The molecule has 0 bridgehead atoms. The Morgan fingerprint density at radius 3 is 2.38 bits per heavy atom. The first-order valence-corrected chi connectivity index (χ1v) is 8.81. The summed E-state index contributed by atoms with van der Waals surface area (Å²) >= 11 is 6.07. The van der Waals surface area contributed by atoms with E-state index in [-0.39, 0.29) is 5.91 Å². The molecule has 134 valence electrons. The monoisotopic (exact) mass is 367 g/mol. The number of aryl methyl sites for hydroxylation is 1. The molecule has 0 fully saturated rings. The smallest absolute Gasteiger partial charge is 0.255 e. The van der Waals surface area contributed by atoms with Crippen LogP contribution in [0.25, 0.3) is 10.9 Å². The molecule has 5 heteroatoms. The van der Waals surface area contributed by atoms with Crippen molar-refractivity contribution in [2.75, 3.05) is 26.0 Å². The quantitative estimate of drug-likeness (QED) is 0.679. The summed E-state index contributed by atoms with van der Waals surface area (Å²) in [5.41, 5.74) is 4.38. The van der Waals surface area contributed by atoms with Crippen LogP contribution < -0.4 is 4.90 Å². The maximum absolute atomic E-state index is 12.9. The van der Waals surface area contributed by atoms with Gasteiger partial charge in [-0.05, 0) is 48.9 Å². The van der Waals surface area contributed by atoms with E-state index < -0.39 is 0 Å². The van der Waals surface area contributed by atoms with Crippen molar-refractivity contribution >= 4 is 34.1 Å². The van der Waals surface area contributed by atoms with E-state index in [4.69, 9.17) is 11.6 Å². The van der Waals surface area contributed by atoms with Crippen molar-refractivity contribution in [1.29, 1.82) is 0 Å². The first-order chi connectivity index (χ1) is 12.3. The highest BCUT2D eigenvalue weighted by Gasteiger charge is 2.16. The molecule has 3 rings (SSSR count). The van der Waals surface area contributed by atoms with E-state index in [1.165, 1.54) is 0 Å². The topological polar surface area (TPSA) is 36.4 Å². The summed E-state index contributed by atoms with van der Waals surface area (Å²) in [6, 6.07) is 15.6. The molecule has 0 saturated heterocycles. The van der Waals surface area contributed by atoms with E-state index in [1.807, 2.05) is 63.3 Å². The second kappa shape index (κ2) is 7.34. The van der Waals surface area contributed by atoms with Crippen molar-refractivity contribution in [1.82, 2.24) is 9.88 Å². The Bertz CT molecular complexity index is 951. The first kappa shape index (κ1) is 18.2. The third-order valence-corrected chi connectivity index (χ3v) is 4.65. The molecule has 0 aliphatic rings. The lowest BCUT2D eigenvalue weighted by molar-refractivity contribution is 0.0784. The molecule has 0 N–H and O–H groups in total. The number of benzene rings is 2. The van der Waals surface area contributed by atoms with E-state index in [9.17, 15) is 4.79 Å². The lowest BCUT2D eigenvalue weighted by Gasteiger charge is -2.19. The maximum atomic E-state index is 12.9. The molecule has 1 amide bonds. The average molecular weight is 368 g/mol. The van der Waals surface area contributed by atoms with Crippen LogP contribution >= 0.6 is 11.6 Å². The number of fused-ring (bicyclic) bond motifs is 1. The number of aromatic nitrogens is 1. The highest BCUT2D eigenvalue weighted by Crippen LogP contribution is 2.22. The second-order valence-electron chi connectivity index (χ2n) is 6.68. The Hall–Kier alpha value is -2.59. The number of rotatable bonds is 4. The summed E-state index contributed by atoms with van der Waals surface area (Å²) in [6.07, 6.45) is 0. The van der Waals surface area contributed by atoms with Crippen molar-refractivity contribution in [2.45, 2.75) is 13.5 Å². The molecule has 0 radical (unpaired) electrons. The van der Waals surface area contributed by atoms with Crippen LogP contribution in [0, 0.1) is 6.92 Å². The molecule has 0 unspecified atom stereocenters. The molecule has 2 aromatic carbocycles. The van der Waals surface area contributed by atoms with E-state index in [0.717, 1.165) is 27.8 Å². The summed E-state index contributed by atoms with van der Waals surface area (Å²) in [7, 11) is 5.82. The van der Waals surface area contributed by atoms with Gasteiger partial charge < -0.3 is 9.80 Å². The molecule has 0 saturated carbocycles. The standard InChI is InChI=1S/C21H22ClN3O/c1-14-19(12-16-11-17(22)7-10-20(16)23-14)21(26)25(4)13-15-5-8-18(9-6-15)24(2)3/h5-12H,13H2,1-4H3. The van der Waals surface area contributed by atoms with Crippen molar-refractivity contribution in [3.8, 4) is 0 Å².